The van der Waals surface area contributed by atoms with E-state index in [0.717, 1.165) is 17.1 Å². The Bertz CT molecular complexity index is 2820. The zero-order chi connectivity index (χ0) is 35.6. The van der Waals surface area contributed by atoms with Crippen LogP contribution in [0.15, 0.2) is 212 Å². The molecule has 2 aliphatic rings. The van der Waals surface area contributed by atoms with Crippen molar-refractivity contribution in [2.75, 3.05) is 4.90 Å². The van der Waals surface area contributed by atoms with Gasteiger partial charge in [0, 0.05) is 17.1 Å². The Morgan fingerprint density at radius 3 is 1.31 bits per heavy atom. The standard InChI is InChI=1S/C53H35N/c1-2-14-36(15-3-1)38-26-29-40(30-27-38)54(41-31-28-37-16-4-5-17-39(37)34-41)42-32-33-48-47-22-10-13-25-51(47)53(52(48)35-42)49-23-11-8-20-45(49)43-18-6-7-19-44(43)46-21-9-12-24-50(46)53/h1-35H. The predicted octanol–water partition coefficient (Wildman–Crippen LogP) is 14.0. The molecule has 9 aromatic carbocycles. The van der Waals surface area contributed by atoms with E-state index in [1.807, 2.05) is 0 Å². The molecule has 0 atom stereocenters. The van der Waals surface area contributed by atoms with Crippen molar-refractivity contribution in [3.63, 3.8) is 0 Å². The molecule has 0 N–H and O–H groups in total. The summed E-state index contributed by atoms with van der Waals surface area (Å²) in [5, 5.41) is 2.45. The molecule has 0 saturated carbocycles. The predicted molar refractivity (Wildman–Crippen MR) is 226 cm³/mol. The first-order valence-corrected chi connectivity index (χ1v) is 18.8. The van der Waals surface area contributed by atoms with Crippen LogP contribution in [0.3, 0.4) is 0 Å². The maximum Gasteiger partial charge on any atom is 0.0726 e. The van der Waals surface area contributed by atoms with Gasteiger partial charge in [-0.15, -0.1) is 0 Å². The average molecular weight is 686 g/mol. The monoisotopic (exact) mass is 685 g/mol. The molecule has 0 fully saturated rings. The van der Waals surface area contributed by atoms with E-state index in [4.69, 9.17) is 0 Å². The number of nitrogens with zero attached hydrogens (tertiary/aromatic N) is 1. The summed E-state index contributed by atoms with van der Waals surface area (Å²) in [6.07, 6.45) is 0. The molecule has 0 saturated heterocycles. The van der Waals surface area contributed by atoms with E-state index in [9.17, 15) is 0 Å². The summed E-state index contributed by atoms with van der Waals surface area (Å²) in [6.45, 7) is 0. The van der Waals surface area contributed by atoms with E-state index in [1.54, 1.807) is 0 Å². The Morgan fingerprint density at radius 2 is 0.685 bits per heavy atom. The van der Waals surface area contributed by atoms with Crippen molar-refractivity contribution >= 4 is 27.8 Å². The molecule has 1 spiro atoms. The average Bonchev–Trinajstić information content (AvgIpc) is 3.48. The first-order chi connectivity index (χ1) is 26.8. The minimum absolute atomic E-state index is 0.541. The van der Waals surface area contributed by atoms with Gasteiger partial charge in [-0.2, -0.15) is 0 Å². The second-order valence-corrected chi connectivity index (χ2v) is 14.4. The number of fused-ring (bicyclic) bond motifs is 13. The lowest BCUT2D eigenvalue weighted by molar-refractivity contribution is 0.775. The highest BCUT2D eigenvalue weighted by atomic mass is 15.1. The maximum absolute atomic E-state index is 2.49. The molecular weight excluding hydrogens is 651 g/mol. The number of benzene rings is 9. The molecule has 252 valence electrons. The van der Waals surface area contributed by atoms with E-state index in [1.165, 1.54) is 77.5 Å². The van der Waals surface area contributed by atoms with Gasteiger partial charge in [0.15, 0.2) is 0 Å². The van der Waals surface area contributed by atoms with Crippen molar-refractivity contribution in [3.05, 3.63) is 235 Å². The van der Waals surface area contributed by atoms with Gasteiger partial charge in [0.2, 0.25) is 0 Å². The molecule has 11 rings (SSSR count). The summed E-state index contributed by atoms with van der Waals surface area (Å²) in [5.74, 6) is 0. The molecule has 0 aliphatic heterocycles. The summed E-state index contributed by atoms with van der Waals surface area (Å²) < 4.78 is 0. The van der Waals surface area contributed by atoms with Crippen LogP contribution in [0.25, 0.3) is 55.3 Å². The van der Waals surface area contributed by atoms with Gasteiger partial charge in [-0.25, -0.2) is 0 Å². The van der Waals surface area contributed by atoms with Crippen LogP contribution in [-0.4, -0.2) is 0 Å². The van der Waals surface area contributed by atoms with Crippen molar-refractivity contribution in [2.45, 2.75) is 5.41 Å². The van der Waals surface area contributed by atoms with Crippen molar-refractivity contribution in [1.82, 2.24) is 0 Å². The lowest BCUT2D eigenvalue weighted by atomic mass is 9.66. The first-order valence-electron chi connectivity index (χ1n) is 18.8. The van der Waals surface area contributed by atoms with E-state index in [0.29, 0.717) is 0 Å². The van der Waals surface area contributed by atoms with E-state index in [-0.39, 0.29) is 0 Å². The van der Waals surface area contributed by atoms with Crippen LogP contribution in [0, 0.1) is 0 Å². The summed E-state index contributed by atoms with van der Waals surface area (Å²) in [7, 11) is 0. The molecule has 1 nitrogen and oxygen atoms in total. The third-order valence-electron chi connectivity index (χ3n) is 11.7. The van der Waals surface area contributed by atoms with Gasteiger partial charge in [-0.1, -0.05) is 176 Å². The van der Waals surface area contributed by atoms with Crippen molar-refractivity contribution < 1.29 is 0 Å². The summed E-state index contributed by atoms with van der Waals surface area (Å²) >= 11 is 0. The Balaban J connectivity index is 1.20. The third kappa shape index (κ3) is 4.45. The van der Waals surface area contributed by atoms with E-state index < -0.39 is 5.41 Å². The van der Waals surface area contributed by atoms with Gasteiger partial charge in [-0.05, 0) is 114 Å². The molecule has 9 aromatic rings. The second kappa shape index (κ2) is 12.0. The maximum atomic E-state index is 2.49. The van der Waals surface area contributed by atoms with Gasteiger partial charge >= 0.3 is 0 Å². The van der Waals surface area contributed by atoms with Crippen LogP contribution >= 0.6 is 0 Å². The molecular formula is C53H35N. The summed E-state index contributed by atoms with van der Waals surface area (Å²) in [5.41, 5.74) is 18.2. The molecule has 1 heteroatoms. The third-order valence-corrected chi connectivity index (χ3v) is 11.7. The zero-order valence-corrected chi connectivity index (χ0v) is 29.7. The Labute approximate surface area is 316 Å². The molecule has 0 unspecified atom stereocenters. The molecule has 0 radical (unpaired) electrons. The van der Waals surface area contributed by atoms with Crippen LogP contribution in [0.5, 0.6) is 0 Å². The smallest absolute Gasteiger partial charge is 0.0726 e. The lowest BCUT2D eigenvalue weighted by Gasteiger charge is -2.36. The number of rotatable bonds is 4. The summed E-state index contributed by atoms with van der Waals surface area (Å²) in [4.78, 5) is 2.43. The number of hydrogen-bond acceptors (Lipinski definition) is 1. The van der Waals surface area contributed by atoms with Gasteiger partial charge in [0.05, 0.1) is 5.41 Å². The van der Waals surface area contributed by atoms with Gasteiger partial charge < -0.3 is 4.90 Å². The molecule has 54 heavy (non-hydrogen) atoms. The molecule has 0 bridgehead atoms. The van der Waals surface area contributed by atoms with E-state index >= 15 is 0 Å². The Hall–Kier alpha value is -6.96. The highest BCUT2D eigenvalue weighted by molar-refractivity contribution is 5.98. The highest BCUT2D eigenvalue weighted by Crippen LogP contribution is 2.62. The van der Waals surface area contributed by atoms with Gasteiger partial charge in [0.25, 0.3) is 0 Å². The van der Waals surface area contributed by atoms with Crippen molar-refractivity contribution in [3.8, 4) is 44.5 Å². The lowest BCUT2D eigenvalue weighted by Crippen LogP contribution is -2.29. The van der Waals surface area contributed by atoms with Crippen LogP contribution in [0.2, 0.25) is 0 Å². The largest absolute Gasteiger partial charge is 0.310 e. The molecule has 0 aromatic heterocycles. The fourth-order valence-electron chi connectivity index (χ4n) is 9.37. The molecule has 0 heterocycles. The summed E-state index contributed by atoms with van der Waals surface area (Å²) in [6, 6.07) is 78.5. The number of anilines is 3. The van der Waals surface area contributed by atoms with E-state index in [2.05, 4.69) is 217 Å². The Kier molecular flexibility index (Phi) is 6.84. The highest BCUT2D eigenvalue weighted by Gasteiger charge is 2.49. The second-order valence-electron chi connectivity index (χ2n) is 14.4. The minimum atomic E-state index is -0.541. The Morgan fingerprint density at radius 1 is 0.259 bits per heavy atom. The van der Waals surface area contributed by atoms with Crippen LogP contribution in [0.4, 0.5) is 17.1 Å². The fourth-order valence-corrected chi connectivity index (χ4v) is 9.37. The van der Waals surface area contributed by atoms with Crippen molar-refractivity contribution in [2.24, 2.45) is 0 Å². The first kappa shape index (κ1) is 30.6. The van der Waals surface area contributed by atoms with Crippen LogP contribution in [-0.2, 0) is 5.41 Å². The quantitative estimate of drug-likeness (QED) is 0.178. The van der Waals surface area contributed by atoms with Gasteiger partial charge in [-0.3, -0.25) is 0 Å². The zero-order valence-electron chi connectivity index (χ0n) is 29.7. The van der Waals surface area contributed by atoms with Crippen molar-refractivity contribution in [1.29, 1.82) is 0 Å². The topological polar surface area (TPSA) is 3.24 Å². The minimum Gasteiger partial charge on any atom is -0.310 e. The SMILES string of the molecule is c1ccc(-c2ccc(N(c3ccc4c(c3)C3(c5ccccc5-c5ccccc5-c5ccccc53)c3ccccc3-4)c3ccc4ccccc4c3)cc2)cc1. The van der Waals surface area contributed by atoms with Crippen LogP contribution < -0.4 is 4.90 Å². The number of hydrogen-bond donors (Lipinski definition) is 0. The fraction of sp³-hybridized carbons (Fsp3) is 0.0189. The normalized spacial score (nSPS) is 13.0. The van der Waals surface area contributed by atoms with Gasteiger partial charge in [0.1, 0.15) is 0 Å². The molecule has 0 amide bonds. The molecule has 2 aliphatic carbocycles. The van der Waals surface area contributed by atoms with Crippen LogP contribution in [0.1, 0.15) is 22.3 Å².